The molecule has 1 aliphatic rings. The van der Waals surface area contributed by atoms with Gasteiger partial charge >= 0.3 is 5.97 Å². The van der Waals surface area contributed by atoms with E-state index in [4.69, 9.17) is 9.47 Å². The Morgan fingerprint density at radius 3 is 2.76 bits per heavy atom. The number of rotatable bonds is 3. The Morgan fingerprint density at radius 1 is 1.41 bits per heavy atom. The lowest BCUT2D eigenvalue weighted by Gasteiger charge is -2.15. The summed E-state index contributed by atoms with van der Waals surface area (Å²) in [5.74, 6) is 0.0336. The standard InChI is InChI=1S/C12H14BrNO3/c1-16-12(15)11-9(6-7-10(13)14-11)17-8-4-2-3-5-8/h6-8H,2-5H2,1H3. The zero-order valence-electron chi connectivity index (χ0n) is 9.61. The Balaban J connectivity index is 2.22. The molecule has 5 heteroatoms. The fraction of sp³-hybridized carbons (Fsp3) is 0.500. The first-order valence-electron chi connectivity index (χ1n) is 5.62. The van der Waals surface area contributed by atoms with Crippen LogP contribution in [0, 0.1) is 0 Å². The maximum absolute atomic E-state index is 11.6. The number of hydrogen-bond donors (Lipinski definition) is 0. The quantitative estimate of drug-likeness (QED) is 0.636. The van der Waals surface area contributed by atoms with Crippen molar-refractivity contribution in [2.24, 2.45) is 0 Å². The minimum absolute atomic E-state index is 0.196. The number of hydrogen-bond acceptors (Lipinski definition) is 4. The molecule has 1 saturated carbocycles. The van der Waals surface area contributed by atoms with Crippen LogP contribution in [-0.4, -0.2) is 24.2 Å². The first-order chi connectivity index (χ1) is 8.20. The molecular formula is C12H14BrNO3. The van der Waals surface area contributed by atoms with Crippen LogP contribution in [0.1, 0.15) is 36.2 Å². The third-order valence-electron chi connectivity index (χ3n) is 2.80. The Labute approximate surface area is 108 Å². The molecule has 0 radical (unpaired) electrons. The third-order valence-corrected chi connectivity index (χ3v) is 3.24. The number of ether oxygens (including phenoxy) is 2. The van der Waals surface area contributed by atoms with E-state index in [1.54, 1.807) is 12.1 Å². The summed E-state index contributed by atoms with van der Waals surface area (Å²) < 4.78 is 11.1. The van der Waals surface area contributed by atoms with E-state index in [-0.39, 0.29) is 11.8 Å². The topological polar surface area (TPSA) is 48.4 Å². The van der Waals surface area contributed by atoms with Crippen molar-refractivity contribution in [3.8, 4) is 5.75 Å². The van der Waals surface area contributed by atoms with Crippen LogP contribution in [0.5, 0.6) is 5.75 Å². The van der Waals surface area contributed by atoms with Gasteiger partial charge in [-0.1, -0.05) is 0 Å². The van der Waals surface area contributed by atoms with E-state index in [0.717, 1.165) is 12.8 Å². The second-order valence-electron chi connectivity index (χ2n) is 4.00. The molecule has 0 aliphatic heterocycles. The second-order valence-corrected chi connectivity index (χ2v) is 4.81. The van der Waals surface area contributed by atoms with Crippen LogP contribution in [0.25, 0.3) is 0 Å². The fourth-order valence-electron chi connectivity index (χ4n) is 1.95. The predicted molar refractivity (Wildman–Crippen MR) is 66.2 cm³/mol. The Bertz CT molecular complexity index is 416. The number of carbonyl (C=O) groups excluding carboxylic acids is 1. The van der Waals surface area contributed by atoms with Gasteiger partial charge in [0.25, 0.3) is 0 Å². The third kappa shape index (κ3) is 2.97. The molecule has 1 fully saturated rings. The van der Waals surface area contributed by atoms with Gasteiger partial charge in [0, 0.05) is 0 Å². The second kappa shape index (κ2) is 5.49. The SMILES string of the molecule is COC(=O)c1nc(Br)ccc1OC1CCCC1. The number of pyridine rings is 1. The molecule has 0 saturated heterocycles. The highest BCUT2D eigenvalue weighted by molar-refractivity contribution is 9.10. The van der Waals surface area contributed by atoms with Crippen LogP contribution in [0.15, 0.2) is 16.7 Å². The van der Waals surface area contributed by atoms with Crippen molar-refractivity contribution in [2.45, 2.75) is 31.8 Å². The molecule has 92 valence electrons. The summed E-state index contributed by atoms with van der Waals surface area (Å²) in [7, 11) is 1.34. The van der Waals surface area contributed by atoms with Crippen molar-refractivity contribution in [3.05, 3.63) is 22.4 Å². The van der Waals surface area contributed by atoms with Crippen LogP contribution in [0.4, 0.5) is 0 Å². The van der Waals surface area contributed by atoms with Gasteiger partial charge in [0.1, 0.15) is 4.60 Å². The molecule has 1 aromatic heterocycles. The molecule has 0 aromatic carbocycles. The highest BCUT2D eigenvalue weighted by atomic mass is 79.9. The molecule has 0 atom stereocenters. The van der Waals surface area contributed by atoms with E-state index in [1.807, 2.05) is 0 Å². The molecule has 0 unspecified atom stereocenters. The van der Waals surface area contributed by atoms with Crippen molar-refractivity contribution in [1.82, 2.24) is 4.98 Å². The first kappa shape index (κ1) is 12.4. The van der Waals surface area contributed by atoms with Crippen LogP contribution >= 0.6 is 15.9 Å². The lowest BCUT2D eigenvalue weighted by molar-refractivity contribution is 0.0585. The van der Waals surface area contributed by atoms with Gasteiger partial charge in [0.05, 0.1) is 13.2 Å². The van der Waals surface area contributed by atoms with Gasteiger partial charge in [0.2, 0.25) is 0 Å². The summed E-state index contributed by atoms with van der Waals surface area (Å²) in [6, 6.07) is 3.51. The molecule has 1 aromatic rings. The number of methoxy groups -OCH3 is 1. The van der Waals surface area contributed by atoms with E-state index in [1.165, 1.54) is 20.0 Å². The summed E-state index contributed by atoms with van der Waals surface area (Å²) in [6.07, 6.45) is 4.64. The van der Waals surface area contributed by atoms with Gasteiger partial charge in [-0.2, -0.15) is 0 Å². The Morgan fingerprint density at radius 2 is 2.12 bits per heavy atom. The van der Waals surface area contributed by atoms with E-state index in [2.05, 4.69) is 20.9 Å². The maximum atomic E-state index is 11.6. The molecule has 1 heterocycles. The van der Waals surface area contributed by atoms with Crippen LogP contribution in [0.3, 0.4) is 0 Å². The Hall–Kier alpha value is -1.10. The lowest BCUT2D eigenvalue weighted by Crippen LogP contribution is -2.15. The highest BCUT2D eigenvalue weighted by Gasteiger charge is 2.21. The molecule has 0 N–H and O–H groups in total. The molecule has 0 spiro atoms. The van der Waals surface area contributed by atoms with Crippen molar-refractivity contribution in [3.63, 3.8) is 0 Å². The highest BCUT2D eigenvalue weighted by Crippen LogP contribution is 2.27. The largest absolute Gasteiger partial charge is 0.488 e. The van der Waals surface area contributed by atoms with Crippen molar-refractivity contribution in [1.29, 1.82) is 0 Å². The number of halogens is 1. The van der Waals surface area contributed by atoms with E-state index >= 15 is 0 Å². The maximum Gasteiger partial charge on any atom is 0.360 e. The van der Waals surface area contributed by atoms with Gasteiger partial charge in [-0.05, 0) is 53.7 Å². The van der Waals surface area contributed by atoms with E-state index in [9.17, 15) is 4.79 Å². The smallest absolute Gasteiger partial charge is 0.360 e. The van der Waals surface area contributed by atoms with E-state index < -0.39 is 5.97 Å². The Kier molecular flexibility index (Phi) is 3.99. The molecular weight excluding hydrogens is 286 g/mol. The van der Waals surface area contributed by atoms with Crippen molar-refractivity contribution in [2.75, 3.05) is 7.11 Å². The first-order valence-corrected chi connectivity index (χ1v) is 6.41. The van der Waals surface area contributed by atoms with Gasteiger partial charge in [-0.3, -0.25) is 0 Å². The molecule has 1 aliphatic carbocycles. The number of nitrogens with zero attached hydrogens (tertiary/aromatic N) is 1. The molecule has 17 heavy (non-hydrogen) atoms. The summed E-state index contributed by atoms with van der Waals surface area (Å²) in [5.41, 5.74) is 0.230. The average Bonchev–Trinajstić information content (AvgIpc) is 2.83. The molecule has 0 amide bonds. The zero-order chi connectivity index (χ0) is 12.3. The predicted octanol–water partition coefficient (Wildman–Crippen LogP) is 2.95. The summed E-state index contributed by atoms with van der Waals surface area (Å²) in [6.45, 7) is 0. The molecule has 0 bridgehead atoms. The van der Waals surface area contributed by atoms with Crippen molar-refractivity contribution < 1.29 is 14.3 Å². The van der Waals surface area contributed by atoms with Crippen LogP contribution < -0.4 is 4.74 Å². The average molecular weight is 300 g/mol. The van der Waals surface area contributed by atoms with Gasteiger partial charge < -0.3 is 9.47 Å². The van der Waals surface area contributed by atoms with Gasteiger partial charge in [-0.25, -0.2) is 9.78 Å². The van der Waals surface area contributed by atoms with Crippen LogP contribution in [-0.2, 0) is 4.74 Å². The van der Waals surface area contributed by atoms with Gasteiger partial charge in [0.15, 0.2) is 11.4 Å². The molecule has 2 rings (SSSR count). The minimum atomic E-state index is -0.473. The van der Waals surface area contributed by atoms with Crippen molar-refractivity contribution >= 4 is 21.9 Å². The summed E-state index contributed by atoms with van der Waals surface area (Å²) >= 11 is 3.23. The minimum Gasteiger partial charge on any atom is -0.488 e. The number of esters is 1. The fourth-order valence-corrected chi connectivity index (χ4v) is 2.26. The summed E-state index contributed by atoms with van der Waals surface area (Å²) in [5, 5.41) is 0. The van der Waals surface area contributed by atoms with E-state index in [0.29, 0.717) is 10.4 Å². The zero-order valence-corrected chi connectivity index (χ0v) is 11.2. The number of carbonyl (C=O) groups is 1. The normalized spacial score (nSPS) is 15.9. The summed E-state index contributed by atoms with van der Waals surface area (Å²) in [4.78, 5) is 15.7. The molecule has 4 nitrogen and oxygen atoms in total. The van der Waals surface area contributed by atoms with Crippen LogP contribution in [0.2, 0.25) is 0 Å². The number of aromatic nitrogens is 1. The van der Waals surface area contributed by atoms with Gasteiger partial charge in [-0.15, -0.1) is 0 Å². The monoisotopic (exact) mass is 299 g/mol. The lowest BCUT2D eigenvalue weighted by atomic mass is 10.3.